The molecule has 1 atom stereocenters. The van der Waals surface area contributed by atoms with E-state index in [2.05, 4.69) is 15.2 Å². The number of nitrogens with zero attached hydrogens (tertiary/aromatic N) is 2. The van der Waals surface area contributed by atoms with Crippen LogP contribution < -0.4 is 5.32 Å². The van der Waals surface area contributed by atoms with E-state index >= 15 is 0 Å². The Morgan fingerprint density at radius 3 is 2.76 bits per heavy atom. The third-order valence-corrected chi connectivity index (χ3v) is 2.63. The van der Waals surface area contributed by atoms with Gasteiger partial charge >= 0.3 is 11.9 Å². The monoisotopic (exact) mass is 295 g/mol. The van der Waals surface area contributed by atoms with Crippen molar-refractivity contribution in [1.82, 2.24) is 15.1 Å². The summed E-state index contributed by atoms with van der Waals surface area (Å²) in [7, 11) is 2.96. The molecule has 0 aliphatic rings. The first-order valence-electron chi connectivity index (χ1n) is 6.19. The highest BCUT2D eigenvalue weighted by atomic mass is 16.5. The Hall–Kier alpha value is -2.64. The van der Waals surface area contributed by atoms with Crippen LogP contribution in [0.4, 0.5) is 0 Å². The number of carbonyl (C=O) groups is 3. The van der Waals surface area contributed by atoms with Crippen LogP contribution in [0.1, 0.15) is 18.4 Å². The lowest BCUT2D eigenvalue weighted by molar-refractivity contribution is -0.143. The van der Waals surface area contributed by atoms with Gasteiger partial charge in [0.2, 0.25) is 5.91 Å². The molecule has 0 aliphatic heterocycles. The minimum absolute atomic E-state index is 0.0333. The van der Waals surface area contributed by atoms with E-state index in [9.17, 15) is 14.4 Å². The molecule has 1 aromatic heterocycles. The van der Waals surface area contributed by atoms with E-state index in [0.717, 1.165) is 0 Å². The first kappa shape index (κ1) is 16.4. The maximum atomic E-state index is 11.6. The molecule has 0 aliphatic carbocycles. The number of aryl methyl sites for hydroxylation is 1. The highest BCUT2D eigenvalue weighted by Gasteiger charge is 2.20. The summed E-state index contributed by atoms with van der Waals surface area (Å²) in [5.74, 6) is -2.29. The molecule has 0 aromatic carbocycles. The van der Waals surface area contributed by atoms with E-state index in [1.807, 2.05) is 0 Å². The number of aromatic nitrogens is 2. The largest absolute Gasteiger partial charge is 0.480 e. The molecule has 0 spiro atoms. The SMILES string of the molecule is COC(=O)CC[C@H](NC(=O)/C=C/c1cnn(C)c1)C(=O)O. The second-order valence-electron chi connectivity index (χ2n) is 4.29. The highest BCUT2D eigenvalue weighted by Crippen LogP contribution is 2.02. The second-order valence-corrected chi connectivity index (χ2v) is 4.29. The molecule has 0 saturated carbocycles. The van der Waals surface area contributed by atoms with Gasteiger partial charge in [0, 0.05) is 31.3 Å². The van der Waals surface area contributed by atoms with E-state index in [1.54, 1.807) is 24.1 Å². The van der Waals surface area contributed by atoms with Crippen LogP contribution in [0.15, 0.2) is 18.5 Å². The summed E-state index contributed by atoms with van der Waals surface area (Å²) < 4.78 is 6.00. The van der Waals surface area contributed by atoms with E-state index < -0.39 is 23.9 Å². The average Bonchev–Trinajstić information content (AvgIpc) is 2.86. The molecular formula is C13H17N3O5. The van der Waals surface area contributed by atoms with Crippen LogP contribution in [0, 0.1) is 0 Å². The summed E-state index contributed by atoms with van der Waals surface area (Å²) in [6.45, 7) is 0. The molecule has 0 bridgehead atoms. The molecular weight excluding hydrogens is 278 g/mol. The normalized spacial score (nSPS) is 12.1. The molecule has 0 fully saturated rings. The summed E-state index contributed by atoms with van der Waals surface area (Å²) in [5.41, 5.74) is 0.717. The summed E-state index contributed by atoms with van der Waals surface area (Å²) in [4.78, 5) is 33.6. The number of nitrogens with one attached hydrogen (secondary N) is 1. The van der Waals surface area contributed by atoms with Gasteiger partial charge in [-0.2, -0.15) is 5.10 Å². The highest BCUT2D eigenvalue weighted by molar-refractivity contribution is 5.94. The van der Waals surface area contributed by atoms with Gasteiger partial charge in [-0.15, -0.1) is 0 Å². The molecule has 1 aromatic rings. The van der Waals surface area contributed by atoms with Crippen molar-refractivity contribution in [2.75, 3.05) is 7.11 Å². The molecule has 21 heavy (non-hydrogen) atoms. The number of hydrogen-bond acceptors (Lipinski definition) is 5. The van der Waals surface area contributed by atoms with Gasteiger partial charge in [-0.1, -0.05) is 0 Å². The molecule has 114 valence electrons. The molecule has 1 heterocycles. The topological polar surface area (TPSA) is 111 Å². The molecule has 0 saturated heterocycles. The minimum atomic E-state index is -1.21. The number of carboxylic acids is 1. The Bertz CT molecular complexity index is 550. The van der Waals surface area contributed by atoms with E-state index in [-0.39, 0.29) is 12.8 Å². The molecule has 1 rings (SSSR count). The number of ether oxygens (including phenoxy) is 1. The van der Waals surface area contributed by atoms with Gasteiger partial charge in [0.15, 0.2) is 0 Å². The minimum Gasteiger partial charge on any atom is -0.480 e. The Morgan fingerprint density at radius 2 is 2.24 bits per heavy atom. The molecule has 8 nitrogen and oxygen atoms in total. The predicted molar refractivity (Wildman–Crippen MR) is 73.1 cm³/mol. The van der Waals surface area contributed by atoms with Crippen molar-refractivity contribution in [2.45, 2.75) is 18.9 Å². The Kier molecular flexibility index (Phi) is 6.12. The van der Waals surface area contributed by atoms with Crippen LogP contribution >= 0.6 is 0 Å². The number of esters is 1. The van der Waals surface area contributed by atoms with Gasteiger partial charge < -0.3 is 15.2 Å². The fourth-order valence-corrected chi connectivity index (χ4v) is 1.54. The smallest absolute Gasteiger partial charge is 0.326 e. The first-order chi connectivity index (χ1) is 9.92. The Balaban J connectivity index is 2.54. The molecule has 2 N–H and O–H groups in total. The van der Waals surface area contributed by atoms with Crippen molar-refractivity contribution >= 4 is 23.9 Å². The molecule has 0 radical (unpaired) electrons. The fraction of sp³-hybridized carbons (Fsp3) is 0.385. The van der Waals surface area contributed by atoms with E-state index in [0.29, 0.717) is 5.56 Å². The van der Waals surface area contributed by atoms with Crippen molar-refractivity contribution in [3.05, 3.63) is 24.0 Å². The summed E-state index contributed by atoms with van der Waals surface area (Å²) in [6, 6.07) is -1.14. The number of carbonyl (C=O) groups excluding carboxylic acids is 2. The number of aliphatic carboxylic acids is 1. The maximum absolute atomic E-state index is 11.6. The fourth-order valence-electron chi connectivity index (χ4n) is 1.54. The average molecular weight is 295 g/mol. The van der Waals surface area contributed by atoms with Gasteiger partial charge in [-0.05, 0) is 12.5 Å². The number of rotatable bonds is 7. The van der Waals surface area contributed by atoms with Crippen LogP contribution in [-0.4, -0.2) is 45.9 Å². The predicted octanol–water partition coefficient (Wildman–Crippen LogP) is -0.0441. The van der Waals surface area contributed by atoms with Crippen LogP contribution in [0.2, 0.25) is 0 Å². The lowest BCUT2D eigenvalue weighted by Gasteiger charge is -2.12. The van der Waals surface area contributed by atoms with Crippen molar-refractivity contribution < 1.29 is 24.2 Å². The number of carboxylic acid groups (broad SMARTS) is 1. The number of amides is 1. The van der Waals surface area contributed by atoms with Crippen LogP contribution in [0.5, 0.6) is 0 Å². The van der Waals surface area contributed by atoms with Crippen molar-refractivity contribution in [2.24, 2.45) is 7.05 Å². The van der Waals surface area contributed by atoms with Crippen LogP contribution in [0.3, 0.4) is 0 Å². The van der Waals surface area contributed by atoms with Crippen LogP contribution in [0.25, 0.3) is 6.08 Å². The molecule has 8 heteroatoms. The van der Waals surface area contributed by atoms with Gasteiger partial charge in [0.05, 0.1) is 13.3 Å². The molecule has 0 unspecified atom stereocenters. The van der Waals surface area contributed by atoms with Crippen LogP contribution in [-0.2, 0) is 26.2 Å². The summed E-state index contributed by atoms with van der Waals surface area (Å²) >= 11 is 0. The third kappa shape index (κ3) is 5.89. The van der Waals surface area contributed by atoms with Crippen molar-refractivity contribution in [1.29, 1.82) is 0 Å². The maximum Gasteiger partial charge on any atom is 0.326 e. The second kappa shape index (κ2) is 7.83. The zero-order chi connectivity index (χ0) is 15.8. The zero-order valence-electron chi connectivity index (χ0n) is 11.8. The van der Waals surface area contributed by atoms with Crippen molar-refractivity contribution in [3.8, 4) is 0 Å². The van der Waals surface area contributed by atoms with Gasteiger partial charge in [-0.25, -0.2) is 4.79 Å². The van der Waals surface area contributed by atoms with Gasteiger partial charge in [0.1, 0.15) is 6.04 Å². The standard InChI is InChI=1S/C13H17N3O5/c1-16-8-9(7-14-16)3-5-11(17)15-10(13(19)20)4-6-12(18)21-2/h3,5,7-8,10H,4,6H2,1-2H3,(H,15,17)(H,19,20)/b5-3+/t10-/m0/s1. The zero-order valence-corrected chi connectivity index (χ0v) is 11.8. The lowest BCUT2D eigenvalue weighted by atomic mass is 10.1. The number of hydrogen-bond donors (Lipinski definition) is 2. The number of methoxy groups -OCH3 is 1. The van der Waals surface area contributed by atoms with Crippen molar-refractivity contribution in [3.63, 3.8) is 0 Å². The van der Waals surface area contributed by atoms with E-state index in [1.165, 1.54) is 19.3 Å². The Morgan fingerprint density at radius 1 is 1.52 bits per heavy atom. The Labute approximate surface area is 121 Å². The summed E-state index contributed by atoms with van der Waals surface area (Å²) in [6.07, 6.45) is 5.88. The van der Waals surface area contributed by atoms with E-state index in [4.69, 9.17) is 5.11 Å². The van der Waals surface area contributed by atoms with Gasteiger partial charge in [-0.3, -0.25) is 14.3 Å². The third-order valence-electron chi connectivity index (χ3n) is 2.63. The van der Waals surface area contributed by atoms with Gasteiger partial charge in [0.25, 0.3) is 0 Å². The first-order valence-corrected chi connectivity index (χ1v) is 6.19. The summed E-state index contributed by atoms with van der Waals surface area (Å²) in [5, 5.41) is 15.2. The lowest BCUT2D eigenvalue weighted by Crippen LogP contribution is -2.40. The molecule has 1 amide bonds. The quantitative estimate of drug-likeness (QED) is 0.539.